The Morgan fingerprint density at radius 1 is 1.15 bits per heavy atom. The fourth-order valence-corrected chi connectivity index (χ4v) is 3.87. The molecule has 0 fully saturated rings. The summed E-state index contributed by atoms with van der Waals surface area (Å²) in [6.45, 7) is 0. The Morgan fingerprint density at radius 2 is 1.95 bits per heavy atom. The summed E-state index contributed by atoms with van der Waals surface area (Å²) in [5, 5.41) is 9.94. The quantitative estimate of drug-likeness (QED) is 0.810. The molecule has 1 heterocycles. The van der Waals surface area contributed by atoms with Crippen molar-refractivity contribution in [2.75, 3.05) is 5.75 Å². The molecule has 0 N–H and O–H groups in total. The van der Waals surface area contributed by atoms with Gasteiger partial charge in [-0.15, -0.1) is 23.5 Å². The zero-order valence-electron chi connectivity index (χ0n) is 10.7. The van der Waals surface area contributed by atoms with Gasteiger partial charge in [0.05, 0.1) is 22.4 Å². The molecule has 0 aliphatic carbocycles. The van der Waals surface area contributed by atoms with Crippen LogP contribution in [0.1, 0.15) is 11.1 Å². The van der Waals surface area contributed by atoms with Crippen molar-refractivity contribution in [3.8, 4) is 6.07 Å². The number of nitriles is 1. The molecule has 0 bridgehead atoms. The summed E-state index contributed by atoms with van der Waals surface area (Å²) in [5.41, 5.74) is 3.00. The second-order valence-corrected chi connectivity index (χ2v) is 6.43. The number of hydrogen-bond acceptors (Lipinski definition) is 4. The molecule has 2 aromatic carbocycles. The standard InChI is InChI=1S/C16H12N2S2/c17-9-12-5-7-13(8-6-12)10-20-16-11-19-15-4-2-1-3-14(15)18-16/h1-8H,10-11H2. The van der Waals surface area contributed by atoms with Gasteiger partial charge in [0.25, 0.3) is 0 Å². The number of benzene rings is 2. The van der Waals surface area contributed by atoms with Crippen LogP contribution in [0, 0.1) is 11.3 Å². The van der Waals surface area contributed by atoms with Crippen molar-refractivity contribution in [3.05, 3.63) is 59.7 Å². The van der Waals surface area contributed by atoms with Crippen LogP contribution in [0.3, 0.4) is 0 Å². The number of fused-ring (bicyclic) bond motifs is 1. The summed E-state index contributed by atoms with van der Waals surface area (Å²) in [5.74, 6) is 1.84. The predicted molar refractivity (Wildman–Crippen MR) is 86.7 cm³/mol. The second-order valence-electron chi connectivity index (χ2n) is 4.36. The summed E-state index contributed by atoms with van der Waals surface area (Å²) in [7, 11) is 0. The van der Waals surface area contributed by atoms with Crippen molar-refractivity contribution in [2.45, 2.75) is 10.6 Å². The second kappa shape index (κ2) is 6.17. The van der Waals surface area contributed by atoms with Crippen LogP contribution < -0.4 is 0 Å². The van der Waals surface area contributed by atoms with E-state index in [1.54, 1.807) is 11.8 Å². The van der Waals surface area contributed by atoms with Gasteiger partial charge in [-0.3, -0.25) is 0 Å². The van der Waals surface area contributed by atoms with Crippen LogP contribution in [-0.2, 0) is 5.75 Å². The topological polar surface area (TPSA) is 36.1 Å². The van der Waals surface area contributed by atoms with Gasteiger partial charge >= 0.3 is 0 Å². The van der Waals surface area contributed by atoms with Gasteiger partial charge in [-0.2, -0.15) is 5.26 Å². The van der Waals surface area contributed by atoms with Crippen LogP contribution in [0.15, 0.2) is 58.4 Å². The molecule has 0 radical (unpaired) electrons. The Bertz CT molecular complexity index is 684. The summed E-state index contributed by atoms with van der Waals surface area (Å²) < 4.78 is 0. The maximum atomic E-state index is 8.78. The van der Waals surface area contributed by atoms with E-state index in [0.717, 1.165) is 22.2 Å². The molecule has 4 heteroatoms. The van der Waals surface area contributed by atoms with Gasteiger partial charge in [0.1, 0.15) is 0 Å². The zero-order chi connectivity index (χ0) is 13.8. The predicted octanol–water partition coefficient (Wildman–Crippen LogP) is 4.63. The van der Waals surface area contributed by atoms with Gasteiger partial charge in [0.2, 0.25) is 0 Å². The molecule has 0 amide bonds. The molecule has 3 rings (SSSR count). The molecule has 0 atom stereocenters. The Hall–Kier alpha value is -1.70. The minimum Gasteiger partial charge on any atom is -0.245 e. The molecule has 0 spiro atoms. The Labute approximate surface area is 126 Å². The van der Waals surface area contributed by atoms with Crippen LogP contribution in [0.4, 0.5) is 5.69 Å². The van der Waals surface area contributed by atoms with E-state index < -0.39 is 0 Å². The van der Waals surface area contributed by atoms with Gasteiger partial charge in [0.15, 0.2) is 0 Å². The van der Waals surface area contributed by atoms with Crippen molar-refractivity contribution < 1.29 is 0 Å². The van der Waals surface area contributed by atoms with E-state index in [1.807, 2.05) is 42.1 Å². The van der Waals surface area contributed by atoms with Crippen molar-refractivity contribution in [1.29, 1.82) is 5.26 Å². The van der Waals surface area contributed by atoms with Crippen molar-refractivity contribution in [3.63, 3.8) is 0 Å². The SMILES string of the molecule is N#Cc1ccc(CSC2=Nc3ccccc3SC2)cc1. The smallest absolute Gasteiger partial charge is 0.0991 e. The molecule has 0 saturated heterocycles. The molecule has 20 heavy (non-hydrogen) atoms. The number of para-hydroxylation sites is 1. The van der Waals surface area contributed by atoms with E-state index in [2.05, 4.69) is 24.3 Å². The van der Waals surface area contributed by atoms with Gasteiger partial charge in [-0.25, -0.2) is 4.99 Å². The molecular weight excluding hydrogens is 284 g/mol. The normalized spacial score (nSPS) is 13.2. The molecule has 0 aromatic heterocycles. The van der Waals surface area contributed by atoms with Gasteiger partial charge in [-0.05, 0) is 29.8 Å². The third-order valence-corrected chi connectivity index (χ3v) is 5.25. The average molecular weight is 296 g/mol. The maximum Gasteiger partial charge on any atom is 0.0991 e. The van der Waals surface area contributed by atoms with Gasteiger partial charge in [0, 0.05) is 16.4 Å². The number of aliphatic imine (C=N–C) groups is 1. The molecule has 98 valence electrons. The van der Waals surface area contributed by atoms with Crippen LogP contribution in [0.25, 0.3) is 0 Å². The molecule has 2 nitrogen and oxygen atoms in total. The monoisotopic (exact) mass is 296 g/mol. The third-order valence-electron chi connectivity index (χ3n) is 2.95. The van der Waals surface area contributed by atoms with E-state index in [4.69, 9.17) is 10.3 Å². The number of thioether (sulfide) groups is 2. The van der Waals surface area contributed by atoms with Crippen LogP contribution in [-0.4, -0.2) is 10.8 Å². The number of nitrogens with zero attached hydrogens (tertiary/aromatic N) is 2. The van der Waals surface area contributed by atoms with Gasteiger partial charge < -0.3 is 0 Å². The lowest BCUT2D eigenvalue weighted by molar-refractivity contribution is 1.35. The first-order valence-corrected chi connectivity index (χ1v) is 8.23. The van der Waals surface area contributed by atoms with Crippen molar-refractivity contribution in [2.24, 2.45) is 4.99 Å². The van der Waals surface area contributed by atoms with Crippen LogP contribution in [0.2, 0.25) is 0 Å². The minimum absolute atomic E-state index is 0.707. The largest absolute Gasteiger partial charge is 0.245 e. The lowest BCUT2D eigenvalue weighted by Crippen LogP contribution is -2.01. The first-order valence-electron chi connectivity index (χ1n) is 6.26. The Balaban J connectivity index is 1.67. The highest BCUT2D eigenvalue weighted by Gasteiger charge is 2.12. The lowest BCUT2D eigenvalue weighted by atomic mass is 10.2. The van der Waals surface area contributed by atoms with E-state index in [0.29, 0.717) is 5.56 Å². The lowest BCUT2D eigenvalue weighted by Gasteiger charge is -2.14. The molecule has 0 saturated carbocycles. The fraction of sp³-hybridized carbons (Fsp3) is 0.125. The van der Waals surface area contributed by atoms with E-state index in [-0.39, 0.29) is 0 Å². The van der Waals surface area contributed by atoms with Crippen molar-refractivity contribution in [1.82, 2.24) is 0 Å². The highest BCUT2D eigenvalue weighted by Crippen LogP contribution is 2.36. The third kappa shape index (κ3) is 3.06. The van der Waals surface area contributed by atoms with Crippen LogP contribution in [0.5, 0.6) is 0 Å². The zero-order valence-corrected chi connectivity index (χ0v) is 12.4. The molecule has 1 aliphatic rings. The van der Waals surface area contributed by atoms with Crippen molar-refractivity contribution >= 4 is 34.3 Å². The Morgan fingerprint density at radius 3 is 2.75 bits per heavy atom. The molecule has 2 aromatic rings. The summed E-state index contributed by atoms with van der Waals surface area (Å²) >= 11 is 3.62. The average Bonchev–Trinajstić information content (AvgIpc) is 2.53. The molecular formula is C16H12N2S2. The highest BCUT2D eigenvalue weighted by atomic mass is 32.2. The summed E-state index contributed by atoms with van der Waals surface area (Å²) in [6, 6.07) is 18.1. The van der Waals surface area contributed by atoms with E-state index in [1.165, 1.54) is 10.5 Å². The Kier molecular flexibility index (Phi) is 4.10. The first kappa shape index (κ1) is 13.3. The summed E-state index contributed by atoms with van der Waals surface area (Å²) in [4.78, 5) is 5.96. The minimum atomic E-state index is 0.707. The molecule has 1 aliphatic heterocycles. The number of hydrogen-bond donors (Lipinski definition) is 0. The summed E-state index contributed by atoms with van der Waals surface area (Å²) in [6.07, 6.45) is 0. The highest BCUT2D eigenvalue weighted by molar-refractivity contribution is 8.15. The van der Waals surface area contributed by atoms with Gasteiger partial charge in [-0.1, -0.05) is 24.3 Å². The van der Waals surface area contributed by atoms with E-state index >= 15 is 0 Å². The van der Waals surface area contributed by atoms with E-state index in [9.17, 15) is 0 Å². The fourth-order valence-electron chi connectivity index (χ4n) is 1.89. The number of rotatable bonds is 2. The maximum absolute atomic E-state index is 8.78. The first-order chi connectivity index (χ1) is 9.85. The van der Waals surface area contributed by atoms with Crippen LogP contribution >= 0.6 is 23.5 Å². The molecule has 0 unspecified atom stereocenters.